The third kappa shape index (κ3) is 6.84. The average Bonchev–Trinajstić information content (AvgIpc) is 2.78. The van der Waals surface area contributed by atoms with Gasteiger partial charge in [-0.15, -0.1) is 0 Å². The molecule has 0 spiro atoms. The van der Waals surface area contributed by atoms with E-state index in [1.54, 1.807) is 19.3 Å². The molecule has 31 heavy (non-hydrogen) atoms. The van der Waals surface area contributed by atoms with Crippen LogP contribution >= 0.6 is 0 Å². The lowest BCUT2D eigenvalue weighted by atomic mass is 10.1. The molecule has 0 saturated carbocycles. The molecule has 0 aliphatic heterocycles. The van der Waals surface area contributed by atoms with Crippen molar-refractivity contribution in [3.8, 4) is 22.8 Å². The Morgan fingerprint density at radius 1 is 1.06 bits per heavy atom. The van der Waals surface area contributed by atoms with Gasteiger partial charge in [-0.25, -0.2) is 0 Å². The van der Waals surface area contributed by atoms with Gasteiger partial charge in [0.15, 0.2) is 5.82 Å². The van der Waals surface area contributed by atoms with Crippen LogP contribution in [0.4, 0.5) is 5.82 Å². The number of rotatable bonds is 11. The van der Waals surface area contributed by atoms with E-state index in [1.807, 2.05) is 55.5 Å². The van der Waals surface area contributed by atoms with Crippen molar-refractivity contribution in [2.75, 3.05) is 38.6 Å². The normalized spacial score (nSPS) is 10.7. The summed E-state index contributed by atoms with van der Waals surface area (Å²) in [6.45, 7) is 4.05. The van der Waals surface area contributed by atoms with E-state index in [9.17, 15) is 4.79 Å². The largest absolute Gasteiger partial charge is 0.437 e. The second kappa shape index (κ2) is 11.1. The van der Waals surface area contributed by atoms with Gasteiger partial charge in [-0.05, 0) is 37.7 Å². The van der Waals surface area contributed by atoms with Crippen molar-refractivity contribution in [2.24, 2.45) is 0 Å². The van der Waals surface area contributed by atoms with Crippen molar-refractivity contribution in [1.29, 1.82) is 0 Å². The average molecular weight is 421 g/mol. The Morgan fingerprint density at radius 3 is 2.52 bits per heavy atom. The third-order valence-corrected chi connectivity index (χ3v) is 4.58. The second-order valence-corrected chi connectivity index (χ2v) is 7.21. The lowest BCUT2D eigenvalue weighted by molar-refractivity contribution is -0.116. The number of ketones is 1. The van der Waals surface area contributed by atoms with Crippen LogP contribution < -0.4 is 20.3 Å². The fraction of sp³-hybridized carbons (Fsp3) is 0.304. The molecule has 0 atom stereocenters. The molecular formula is C23H28N6O2. The number of aromatic nitrogens is 3. The first-order valence-electron chi connectivity index (χ1n) is 10.2. The smallest absolute Gasteiger partial charge is 0.239 e. The number of ether oxygens (including phenoxy) is 1. The molecule has 1 aromatic carbocycles. The highest BCUT2D eigenvalue weighted by atomic mass is 16.5. The van der Waals surface area contributed by atoms with Crippen LogP contribution in [-0.2, 0) is 11.3 Å². The molecule has 162 valence electrons. The lowest BCUT2D eigenvalue weighted by Crippen LogP contribution is -2.32. The first-order chi connectivity index (χ1) is 15.0. The highest BCUT2D eigenvalue weighted by Gasteiger charge is 2.07. The molecule has 2 N–H and O–H groups in total. The summed E-state index contributed by atoms with van der Waals surface area (Å²) in [5.74, 6) is 1.92. The predicted molar refractivity (Wildman–Crippen MR) is 121 cm³/mol. The summed E-state index contributed by atoms with van der Waals surface area (Å²) >= 11 is 0. The topological polar surface area (TPSA) is 92.3 Å². The minimum atomic E-state index is 0.117. The van der Waals surface area contributed by atoms with E-state index in [2.05, 4.69) is 31.7 Å². The van der Waals surface area contributed by atoms with Crippen LogP contribution in [0.3, 0.4) is 0 Å². The molecule has 3 rings (SSSR count). The summed E-state index contributed by atoms with van der Waals surface area (Å²) in [6.07, 6.45) is 5.15. The first-order valence-corrected chi connectivity index (χ1v) is 10.2. The Bertz CT molecular complexity index is 976. The van der Waals surface area contributed by atoms with Crippen molar-refractivity contribution in [3.63, 3.8) is 0 Å². The molecule has 0 aliphatic carbocycles. The first kappa shape index (κ1) is 22.3. The van der Waals surface area contributed by atoms with Crippen LogP contribution in [0.25, 0.3) is 11.1 Å². The SMILES string of the molecule is CNCc1ccc(-c2ccc(Oc3cncc(N(C)CCNCC(C)=O)n3)cc2)cn1. The number of benzene rings is 1. The number of Topliss-reactive ketones (excluding diaryl/α,β-unsaturated/α-hetero) is 1. The molecule has 8 nitrogen and oxygen atoms in total. The maximum absolute atomic E-state index is 11.0. The molecule has 8 heteroatoms. The number of carbonyl (C=O) groups excluding carboxylic acids is 1. The Morgan fingerprint density at radius 2 is 1.84 bits per heavy atom. The van der Waals surface area contributed by atoms with Crippen molar-refractivity contribution < 1.29 is 9.53 Å². The van der Waals surface area contributed by atoms with Gasteiger partial charge in [0, 0.05) is 38.4 Å². The number of hydrogen-bond donors (Lipinski definition) is 2. The molecule has 0 radical (unpaired) electrons. The molecule has 0 unspecified atom stereocenters. The number of likely N-dealkylation sites (N-methyl/N-ethyl adjacent to an activating group) is 1. The van der Waals surface area contributed by atoms with Crippen molar-refractivity contribution in [2.45, 2.75) is 13.5 Å². The molecule has 2 heterocycles. The minimum absolute atomic E-state index is 0.117. The van der Waals surface area contributed by atoms with Crippen molar-refractivity contribution >= 4 is 11.6 Å². The zero-order valence-corrected chi connectivity index (χ0v) is 18.1. The highest BCUT2D eigenvalue weighted by molar-refractivity contribution is 5.77. The summed E-state index contributed by atoms with van der Waals surface area (Å²) in [6, 6.07) is 11.9. The van der Waals surface area contributed by atoms with Gasteiger partial charge in [-0.1, -0.05) is 18.2 Å². The van der Waals surface area contributed by atoms with Crippen LogP contribution in [0, 0.1) is 0 Å². The van der Waals surface area contributed by atoms with Gasteiger partial charge in [0.2, 0.25) is 5.88 Å². The number of hydrogen-bond acceptors (Lipinski definition) is 8. The number of nitrogens with one attached hydrogen (secondary N) is 2. The van der Waals surface area contributed by atoms with E-state index >= 15 is 0 Å². The highest BCUT2D eigenvalue weighted by Crippen LogP contribution is 2.25. The maximum atomic E-state index is 11.0. The third-order valence-electron chi connectivity index (χ3n) is 4.58. The van der Waals surface area contributed by atoms with Gasteiger partial charge in [0.1, 0.15) is 11.5 Å². The van der Waals surface area contributed by atoms with E-state index in [1.165, 1.54) is 0 Å². The molecule has 0 fully saturated rings. The molecule has 2 aromatic heterocycles. The van der Waals surface area contributed by atoms with Crippen LogP contribution in [0.1, 0.15) is 12.6 Å². The van der Waals surface area contributed by atoms with Crippen LogP contribution in [0.5, 0.6) is 11.6 Å². The Kier molecular flexibility index (Phi) is 8.03. The van der Waals surface area contributed by atoms with Crippen molar-refractivity contribution in [1.82, 2.24) is 25.6 Å². The standard InChI is InChI=1S/C23H28N6O2/c1-17(30)12-25-10-11-29(3)22-15-26-16-23(28-22)31-21-8-5-18(6-9-21)19-4-7-20(14-24-2)27-13-19/h4-9,13,15-16,24-25H,10-12,14H2,1-3H3. The Hall–Kier alpha value is -3.36. The van der Waals surface area contributed by atoms with E-state index in [0.29, 0.717) is 37.1 Å². The van der Waals surface area contributed by atoms with Gasteiger partial charge < -0.3 is 20.3 Å². The van der Waals surface area contributed by atoms with Gasteiger partial charge in [-0.2, -0.15) is 4.98 Å². The van der Waals surface area contributed by atoms with E-state index in [-0.39, 0.29) is 5.78 Å². The number of nitrogens with zero attached hydrogens (tertiary/aromatic N) is 4. The molecule has 3 aromatic rings. The minimum Gasteiger partial charge on any atom is -0.437 e. The monoisotopic (exact) mass is 420 g/mol. The zero-order chi connectivity index (χ0) is 22.1. The molecule has 0 saturated heterocycles. The summed E-state index contributed by atoms with van der Waals surface area (Å²) in [4.78, 5) is 26.2. The fourth-order valence-electron chi connectivity index (χ4n) is 2.91. The molecule has 0 bridgehead atoms. The lowest BCUT2D eigenvalue weighted by Gasteiger charge is -2.18. The van der Waals surface area contributed by atoms with Gasteiger partial charge >= 0.3 is 0 Å². The van der Waals surface area contributed by atoms with Gasteiger partial charge in [0.25, 0.3) is 0 Å². The summed E-state index contributed by atoms with van der Waals surface area (Å²) < 4.78 is 5.88. The summed E-state index contributed by atoms with van der Waals surface area (Å²) in [5.41, 5.74) is 3.12. The second-order valence-electron chi connectivity index (χ2n) is 7.21. The summed E-state index contributed by atoms with van der Waals surface area (Å²) in [7, 11) is 3.83. The number of anilines is 1. The van der Waals surface area contributed by atoms with Crippen LogP contribution in [0.15, 0.2) is 55.0 Å². The fourth-order valence-corrected chi connectivity index (χ4v) is 2.91. The van der Waals surface area contributed by atoms with E-state index < -0.39 is 0 Å². The Balaban J connectivity index is 1.59. The number of pyridine rings is 1. The van der Waals surface area contributed by atoms with Crippen LogP contribution in [-0.4, -0.2) is 54.5 Å². The quantitative estimate of drug-likeness (QED) is 0.458. The van der Waals surface area contributed by atoms with Gasteiger partial charge in [-0.3, -0.25) is 14.8 Å². The zero-order valence-electron chi connectivity index (χ0n) is 18.1. The molecular weight excluding hydrogens is 392 g/mol. The van der Waals surface area contributed by atoms with Gasteiger partial charge in [0.05, 0.1) is 24.6 Å². The summed E-state index contributed by atoms with van der Waals surface area (Å²) in [5, 5.41) is 6.18. The van der Waals surface area contributed by atoms with E-state index in [4.69, 9.17) is 4.74 Å². The van der Waals surface area contributed by atoms with Crippen molar-refractivity contribution in [3.05, 3.63) is 60.7 Å². The number of carbonyl (C=O) groups is 1. The predicted octanol–water partition coefficient (Wildman–Crippen LogP) is 2.67. The Labute approximate surface area is 182 Å². The molecule has 0 amide bonds. The maximum Gasteiger partial charge on any atom is 0.239 e. The molecule has 0 aliphatic rings. The van der Waals surface area contributed by atoms with E-state index in [0.717, 1.165) is 23.4 Å². The van der Waals surface area contributed by atoms with Crippen LogP contribution in [0.2, 0.25) is 0 Å².